The lowest BCUT2D eigenvalue weighted by Crippen LogP contribution is -2.47. The van der Waals surface area contributed by atoms with Gasteiger partial charge in [-0.1, -0.05) is 30.4 Å². The zero-order valence-corrected chi connectivity index (χ0v) is 19.9. The number of aryl methyl sites for hydroxylation is 1. The minimum Gasteiger partial charge on any atom is -0.345 e. The lowest BCUT2D eigenvalue weighted by atomic mass is 9.95. The second-order valence-electron chi connectivity index (χ2n) is 7.65. The van der Waals surface area contributed by atoms with Gasteiger partial charge in [0.1, 0.15) is 18.4 Å². The molecule has 4 nitrogen and oxygen atoms in total. The molecule has 2 N–H and O–H groups in total. The zero-order valence-electron chi connectivity index (χ0n) is 18.3. The summed E-state index contributed by atoms with van der Waals surface area (Å²) in [7, 11) is 0. The Hall–Kier alpha value is -2.89. The molecule has 0 saturated heterocycles. The van der Waals surface area contributed by atoms with E-state index in [4.69, 9.17) is 0 Å². The summed E-state index contributed by atoms with van der Waals surface area (Å²) in [6, 6.07) is 5.86. The third-order valence-electron chi connectivity index (χ3n) is 4.82. The van der Waals surface area contributed by atoms with Crippen molar-refractivity contribution in [3.63, 3.8) is 0 Å². The van der Waals surface area contributed by atoms with Crippen LogP contribution in [0.4, 0.5) is 30.7 Å². The fraction of sp³-hybridized carbons (Fsp3) is 0.304. The van der Waals surface area contributed by atoms with Crippen LogP contribution in [0.1, 0.15) is 39.9 Å². The third kappa shape index (κ3) is 8.37. The Bertz CT molecular complexity index is 1110. The molecule has 2 atom stereocenters. The molecule has 2 aromatic rings. The largest absolute Gasteiger partial charge is 0.405 e. The molecule has 0 aliphatic carbocycles. The minimum atomic E-state index is -4.64. The lowest BCUT2D eigenvalue weighted by Gasteiger charge is -2.18. The van der Waals surface area contributed by atoms with E-state index in [9.17, 15) is 40.3 Å². The van der Waals surface area contributed by atoms with Crippen molar-refractivity contribution in [2.45, 2.75) is 38.2 Å². The van der Waals surface area contributed by atoms with Crippen molar-refractivity contribution in [3.05, 3.63) is 75.0 Å². The van der Waals surface area contributed by atoms with E-state index in [0.717, 1.165) is 24.3 Å². The van der Waals surface area contributed by atoms with E-state index in [1.807, 2.05) is 0 Å². The molecule has 0 spiro atoms. The molecule has 2 aromatic carbocycles. The van der Waals surface area contributed by atoms with Crippen LogP contribution in [-0.4, -0.2) is 36.8 Å². The van der Waals surface area contributed by atoms with Crippen molar-refractivity contribution in [2.75, 3.05) is 6.54 Å². The fourth-order valence-corrected chi connectivity index (χ4v) is 3.55. The molecule has 0 aromatic heterocycles. The van der Waals surface area contributed by atoms with E-state index in [0.29, 0.717) is 5.56 Å². The predicted octanol–water partition coefficient (Wildman–Crippen LogP) is 6.05. The van der Waals surface area contributed by atoms with Gasteiger partial charge in [-0.15, -0.1) is 0 Å². The van der Waals surface area contributed by atoms with Gasteiger partial charge >= 0.3 is 12.4 Å². The maximum absolute atomic E-state index is 13.6. The summed E-state index contributed by atoms with van der Waals surface area (Å²) in [5, 5.41) is 3.90. The standard InChI is InChI=1S/C23H20BrF7N2O2/c1-12-9-15(5-8-19(12)25)17(23(29,30)31)7-4-14-3-6-16(18(24)10-14)21(35)33-13(2)20(34)32-11-22(26,27)28/h3-10,13,17H,11H2,1-2H3,(H,32,34)(H,33,35)/b7-4+/t13-,17?/m1/s1. The van der Waals surface area contributed by atoms with Crippen molar-refractivity contribution >= 4 is 33.8 Å². The van der Waals surface area contributed by atoms with E-state index in [2.05, 4.69) is 21.2 Å². The molecule has 0 radical (unpaired) electrons. The fourth-order valence-electron chi connectivity index (χ4n) is 2.98. The van der Waals surface area contributed by atoms with Crippen LogP contribution in [0.2, 0.25) is 0 Å². The Morgan fingerprint density at radius 2 is 1.71 bits per heavy atom. The summed E-state index contributed by atoms with van der Waals surface area (Å²) < 4.78 is 91.1. The number of hydrogen-bond donors (Lipinski definition) is 2. The van der Waals surface area contributed by atoms with E-state index >= 15 is 0 Å². The maximum atomic E-state index is 13.6. The Morgan fingerprint density at radius 3 is 2.26 bits per heavy atom. The van der Waals surface area contributed by atoms with E-state index in [1.165, 1.54) is 38.1 Å². The monoisotopic (exact) mass is 568 g/mol. The summed E-state index contributed by atoms with van der Waals surface area (Å²) in [5.41, 5.74) is 0.252. The maximum Gasteiger partial charge on any atom is 0.405 e. The first-order valence-corrected chi connectivity index (χ1v) is 10.8. The molecule has 2 rings (SSSR count). The molecule has 190 valence electrons. The van der Waals surface area contributed by atoms with Gasteiger partial charge in [-0.25, -0.2) is 4.39 Å². The highest BCUT2D eigenvalue weighted by molar-refractivity contribution is 9.10. The average molecular weight is 569 g/mol. The van der Waals surface area contributed by atoms with Crippen LogP contribution in [0, 0.1) is 12.7 Å². The summed E-state index contributed by atoms with van der Waals surface area (Å²) in [5.74, 6) is -4.44. The van der Waals surface area contributed by atoms with Crippen LogP contribution in [0.3, 0.4) is 0 Å². The van der Waals surface area contributed by atoms with Gasteiger partial charge in [-0.2, -0.15) is 26.3 Å². The molecular formula is C23H20BrF7N2O2. The molecule has 2 amide bonds. The molecular weight excluding hydrogens is 549 g/mol. The van der Waals surface area contributed by atoms with E-state index in [1.54, 1.807) is 5.32 Å². The van der Waals surface area contributed by atoms with Gasteiger partial charge in [0.2, 0.25) is 5.91 Å². The highest BCUT2D eigenvalue weighted by Crippen LogP contribution is 2.37. The summed E-state index contributed by atoms with van der Waals surface area (Å²) in [6.07, 6.45) is -7.15. The quantitative estimate of drug-likeness (QED) is 0.399. The SMILES string of the molecule is Cc1cc(C(/C=C/c2ccc(C(=O)N[C@H](C)C(=O)NCC(F)(F)F)c(Br)c2)C(F)(F)F)ccc1F. The first-order chi connectivity index (χ1) is 16.1. The number of nitrogens with one attached hydrogen (secondary N) is 2. The van der Waals surface area contributed by atoms with Gasteiger partial charge in [-0.05, 0) is 64.7 Å². The predicted molar refractivity (Wildman–Crippen MR) is 119 cm³/mol. The Labute approximate surface area is 204 Å². The Kier molecular flexibility index (Phi) is 9.10. The highest BCUT2D eigenvalue weighted by Gasteiger charge is 2.39. The van der Waals surface area contributed by atoms with Crippen molar-refractivity contribution in [1.29, 1.82) is 0 Å². The number of benzene rings is 2. The molecule has 0 bridgehead atoms. The van der Waals surface area contributed by atoms with Gasteiger partial charge < -0.3 is 10.6 Å². The van der Waals surface area contributed by atoms with Crippen LogP contribution in [0.25, 0.3) is 6.08 Å². The molecule has 1 unspecified atom stereocenters. The van der Waals surface area contributed by atoms with Gasteiger partial charge in [0, 0.05) is 4.47 Å². The Balaban J connectivity index is 2.16. The second-order valence-corrected chi connectivity index (χ2v) is 8.51. The normalized spacial score (nSPS) is 14.0. The molecule has 0 fully saturated rings. The molecule has 12 heteroatoms. The van der Waals surface area contributed by atoms with Crippen molar-refractivity contribution in [3.8, 4) is 0 Å². The summed E-state index contributed by atoms with van der Waals surface area (Å²) >= 11 is 3.13. The summed E-state index contributed by atoms with van der Waals surface area (Å²) in [6.45, 7) is 1.01. The van der Waals surface area contributed by atoms with Crippen molar-refractivity contribution < 1.29 is 40.3 Å². The number of alkyl halides is 6. The molecule has 0 aliphatic rings. The van der Waals surface area contributed by atoms with Crippen molar-refractivity contribution in [1.82, 2.24) is 10.6 Å². The first kappa shape index (κ1) is 28.3. The molecule has 0 heterocycles. The number of carbonyl (C=O) groups is 2. The number of amides is 2. The van der Waals surface area contributed by atoms with Crippen molar-refractivity contribution in [2.24, 2.45) is 0 Å². The first-order valence-electron chi connectivity index (χ1n) is 10.0. The number of hydrogen-bond acceptors (Lipinski definition) is 2. The van der Waals surface area contributed by atoms with Gasteiger partial charge in [0.25, 0.3) is 5.91 Å². The molecule has 0 saturated carbocycles. The van der Waals surface area contributed by atoms with Crippen LogP contribution in [0.15, 0.2) is 46.9 Å². The van der Waals surface area contributed by atoms with E-state index < -0.39 is 48.5 Å². The number of halogens is 8. The smallest absolute Gasteiger partial charge is 0.345 e. The van der Waals surface area contributed by atoms with Crippen LogP contribution in [0.5, 0.6) is 0 Å². The minimum absolute atomic E-state index is 0.0131. The second kappa shape index (κ2) is 11.2. The molecule has 0 aliphatic heterocycles. The molecule has 35 heavy (non-hydrogen) atoms. The number of carbonyl (C=O) groups excluding carboxylic acids is 2. The zero-order chi connectivity index (χ0) is 26.6. The Morgan fingerprint density at radius 1 is 1.06 bits per heavy atom. The third-order valence-corrected chi connectivity index (χ3v) is 5.47. The average Bonchev–Trinajstić information content (AvgIpc) is 2.73. The van der Waals surface area contributed by atoms with Crippen LogP contribution < -0.4 is 10.6 Å². The lowest BCUT2D eigenvalue weighted by molar-refractivity contribution is -0.139. The van der Waals surface area contributed by atoms with Gasteiger partial charge in [0.15, 0.2) is 0 Å². The van der Waals surface area contributed by atoms with Crippen LogP contribution in [-0.2, 0) is 4.79 Å². The number of rotatable bonds is 7. The highest BCUT2D eigenvalue weighted by atomic mass is 79.9. The van der Waals surface area contributed by atoms with E-state index in [-0.39, 0.29) is 21.2 Å². The van der Waals surface area contributed by atoms with Gasteiger partial charge in [0.05, 0.1) is 11.5 Å². The topological polar surface area (TPSA) is 58.2 Å². The van der Waals surface area contributed by atoms with Gasteiger partial charge in [-0.3, -0.25) is 9.59 Å². The summed E-state index contributed by atoms with van der Waals surface area (Å²) in [4.78, 5) is 24.1. The van der Waals surface area contributed by atoms with Crippen LogP contribution >= 0.6 is 15.9 Å². The number of allylic oxidation sites excluding steroid dienone is 1.